The first kappa shape index (κ1) is 22.6. The van der Waals surface area contributed by atoms with Gasteiger partial charge in [-0.2, -0.15) is 4.31 Å². The largest absolute Gasteiger partial charge is 0.493 e. The number of amides is 1. The number of rotatable bonds is 7. The molecule has 0 N–H and O–H groups in total. The zero-order valence-corrected chi connectivity index (χ0v) is 18.9. The SMILES string of the molecule is Cc1cccc(C)c1OCCCC(=O)N1CCN(S(=O)(=O)c2ccc(Cl)cc2)CC1. The van der Waals surface area contributed by atoms with Crippen molar-refractivity contribution in [1.82, 2.24) is 9.21 Å². The number of halogens is 1. The molecule has 1 saturated heterocycles. The molecule has 0 aromatic heterocycles. The van der Waals surface area contributed by atoms with Gasteiger partial charge in [-0.1, -0.05) is 29.8 Å². The molecular weight excluding hydrogens is 424 g/mol. The van der Waals surface area contributed by atoms with Crippen LogP contribution in [0.3, 0.4) is 0 Å². The van der Waals surface area contributed by atoms with Crippen LogP contribution in [0.2, 0.25) is 5.02 Å². The molecule has 0 atom stereocenters. The number of aryl methyl sites for hydroxylation is 2. The highest BCUT2D eigenvalue weighted by molar-refractivity contribution is 7.89. The van der Waals surface area contributed by atoms with Crippen LogP contribution in [-0.4, -0.2) is 56.3 Å². The average molecular weight is 451 g/mol. The first-order valence-electron chi connectivity index (χ1n) is 10.0. The van der Waals surface area contributed by atoms with Crippen molar-refractivity contribution in [2.45, 2.75) is 31.6 Å². The van der Waals surface area contributed by atoms with Crippen LogP contribution in [-0.2, 0) is 14.8 Å². The predicted octanol–water partition coefficient (Wildman–Crippen LogP) is 3.65. The smallest absolute Gasteiger partial charge is 0.243 e. The number of para-hydroxylation sites is 1. The molecular formula is C22H27ClN2O4S. The van der Waals surface area contributed by atoms with Crippen molar-refractivity contribution in [3.05, 3.63) is 58.6 Å². The molecule has 0 bridgehead atoms. The molecule has 0 unspecified atom stereocenters. The van der Waals surface area contributed by atoms with E-state index in [1.807, 2.05) is 32.0 Å². The first-order chi connectivity index (χ1) is 14.3. The van der Waals surface area contributed by atoms with Gasteiger partial charge < -0.3 is 9.64 Å². The Morgan fingerprint density at radius 1 is 1.00 bits per heavy atom. The second kappa shape index (κ2) is 9.81. The summed E-state index contributed by atoms with van der Waals surface area (Å²) in [5, 5.41) is 0.492. The zero-order chi connectivity index (χ0) is 21.7. The summed E-state index contributed by atoms with van der Waals surface area (Å²) in [6.45, 7) is 5.84. The van der Waals surface area contributed by atoms with E-state index < -0.39 is 10.0 Å². The van der Waals surface area contributed by atoms with E-state index in [2.05, 4.69) is 0 Å². The molecule has 8 heteroatoms. The molecule has 2 aromatic carbocycles. The van der Waals surface area contributed by atoms with Crippen LogP contribution >= 0.6 is 11.6 Å². The van der Waals surface area contributed by atoms with Crippen molar-refractivity contribution < 1.29 is 17.9 Å². The van der Waals surface area contributed by atoms with E-state index in [0.717, 1.165) is 16.9 Å². The minimum atomic E-state index is -3.57. The van der Waals surface area contributed by atoms with Gasteiger partial charge in [-0.15, -0.1) is 0 Å². The lowest BCUT2D eigenvalue weighted by Crippen LogP contribution is -2.50. The third-order valence-electron chi connectivity index (χ3n) is 5.23. The number of piperazine rings is 1. The molecule has 1 aliphatic heterocycles. The minimum Gasteiger partial charge on any atom is -0.493 e. The highest BCUT2D eigenvalue weighted by Crippen LogP contribution is 2.23. The fourth-order valence-electron chi connectivity index (χ4n) is 3.52. The Morgan fingerprint density at radius 3 is 2.20 bits per heavy atom. The third kappa shape index (κ3) is 5.33. The van der Waals surface area contributed by atoms with Gasteiger partial charge in [-0.25, -0.2) is 8.42 Å². The van der Waals surface area contributed by atoms with Gasteiger partial charge in [0.05, 0.1) is 11.5 Å². The summed E-state index contributed by atoms with van der Waals surface area (Å²) >= 11 is 5.84. The second-order valence-corrected chi connectivity index (χ2v) is 9.79. The summed E-state index contributed by atoms with van der Waals surface area (Å²) in [6, 6.07) is 12.1. The molecule has 162 valence electrons. The van der Waals surface area contributed by atoms with E-state index in [0.29, 0.717) is 37.6 Å². The lowest BCUT2D eigenvalue weighted by Gasteiger charge is -2.34. The lowest BCUT2D eigenvalue weighted by atomic mass is 10.1. The van der Waals surface area contributed by atoms with Crippen molar-refractivity contribution >= 4 is 27.5 Å². The Kier molecular flexibility index (Phi) is 7.39. The third-order valence-corrected chi connectivity index (χ3v) is 7.40. The Labute approximate surface area is 183 Å². The molecule has 0 saturated carbocycles. The van der Waals surface area contributed by atoms with Gasteiger partial charge in [0.15, 0.2) is 0 Å². The van der Waals surface area contributed by atoms with Crippen LogP contribution in [0.15, 0.2) is 47.4 Å². The Balaban J connectivity index is 1.45. The number of hydrogen-bond acceptors (Lipinski definition) is 4. The molecule has 30 heavy (non-hydrogen) atoms. The van der Waals surface area contributed by atoms with Crippen LogP contribution in [0, 0.1) is 13.8 Å². The van der Waals surface area contributed by atoms with Crippen LogP contribution < -0.4 is 4.74 Å². The van der Waals surface area contributed by atoms with Gasteiger partial charge in [0.1, 0.15) is 5.75 Å². The highest BCUT2D eigenvalue weighted by atomic mass is 35.5. The fraction of sp³-hybridized carbons (Fsp3) is 0.409. The van der Waals surface area contributed by atoms with Crippen LogP contribution in [0.1, 0.15) is 24.0 Å². The summed E-state index contributed by atoms with van der Waals surface area (Å²) in [4.78, 5) is 14.4. The zero-order valence-electron chi connectivity index (χ0n) is 17.3. The van der Waals surface area contributed by atoms with E-state index in [1.165, 1.54) is 16.4 Å². The van der Waals surface area contributed by atoms with E-state index in [1.54, 1.807) is 17.0 Å². The summed E-state index contributed by atoms with van der Waals surface area (Å²) in [6.07, 6.45) is 1.00. The fourth-order valence-corrected chi connectivity index (χ4v) is 5.06. The maximum absolute atomic E-state index is 12.7. The van der Waals surface area contributed by atoms with Crippen molar-refractivity contribution in [3.63, 3.8) is 0 Å². The summed E-state index contributed by atoms with van der Waals surface area (Å²) < 4.78 is 32.8. The number of nitrogens with zero attached hydrogens (tertiary/aromatic N) is 2. The number of carbonyl (C=O) groups is 1. The Morgan fingerprint density at radius 2 is 1.60 bits per heavy atom. The normalized spacial score (nSPS) is 15.2. The monoisotopic (exact) mass is 450 g/mol. The summed E-state index contributed by atoms with van der Waals surface area (Å²) in [5.74, 6) is 0.912. The lowest BCUT2D eigenvalue weighted by molar-refractivity contribution is -0.132. The van der Waals surface area contributed by atoms with Gasteiger partial charge in [-0.3, -0.25) is 4.79 Å². The summed E-state index contributed by atoms with van der Waals surface area (Å²) in [5.41, 5.74) is 2.17. The van der Waals surface area contributed by atoms with Crippen molar-refractivity contribution in [2.24, 2.45) is 0 Å². The molecule has 2 aromatic rings. The molecule has 1 aliphatic rings. The maximum Gasteiger partial charge on any atom is 0.243 e. The number of ether oxygens (including phenoxy) is 1. The standard InChI is InChI=1S/C22H27ClN2O4S/c1-17-5-3-6-18(2)22(17)29-16-4-7-21(26)24-12-14-25(15-13-24)30(27,28)20-10-8-19(23)9-11-20/h3,5-6,8-11H,4,7,12-16H2,1-2H3. The van der Waals surface area contributed by atoms with Gasteiger partial charge in [-0.05, 0) is 55.7 Å². The van der Waals surface area contributed by atoms with Crippen LogP contribution in [0.25, 0.3) is 0 Å². The topological polar surface area (TPSA) is 66.9 Å². The van der Waals surface area contributed by atoms with E-state index in [-0.39, 0.29) is 23.9 Å². The first-order valence-corrected chi connectivity index (χ1v) is 11.8. The molecule has 1 fully saturated rings. The average Bonchev–Trinajstić information content (AvgIpc) is 2.73. The molecule has 6 nitrogen and oxygen atoms in total. The van der Waals surface area contributed by atoms with Crippen molar-refractivity contribution in [2.75, 3.05) is 32.8 Å². The number of hydrogen-bond donors (Lipinski definition) is 0. The number of carbonyl (C=O) groups excluding carboxylic acids is 1. The van der Waals surface area contributed by atoms with Gasteiger partial charge in [0.2, 0.25) is 15.9 Å². The Hall–Kier alpha value is -2.09. The van der Waals surface area contributed by atoms with E-state index in [4.69, 9.17) is 16.3 Å². The predicted molar refractivity (Wildman–Crippen MR) is 117 cm³/mol. The second-order valence-electron chi connectivity index (χ2n) is 7.41. The molecule has 0 spiro atoms. The quantitative estimate of drug-likeness (QED) is 0.604. The molecule has 1 amide bonds. The molecule has 1 heterocycles. The highest BCUT2D eigenvalue weighted by Gasteiger charge is 2.29. The molecule has 0 aliphatic carbocycles. The van der Waals surface area contributed by atoms with Gasteiger partial charge in [0, 0.05) is 37.6 Å². The Bertz CT molecular complexity index is 964. The summed E-state index contributed by atoms with van der Waals surface area (Å²) in [7, 11) is -3.57. The van der Waals surface area contributed by atoms with Crippen molar-refractivity contribution in [3.8, 4) is 5.75 Å². The number of benzene rings is 2. The van der Waals surface area contributed by atoms with Gasteiger partial charge in [0.25, 0.3) is 0 Å². The maximum atomic E-state index is 12.7. The van der Waals surface area contributed by atoms with Crippen molar-refractivity contribution in [1.29, 1.82) is 0 Å². The van der Waals surface area contributed by atoms with E-state index in [9.17, 15) is 13.2 Å². The minimum absolute atomic E-state index is 0.0312. The number of sulfonamides is 1. The van der Waals surface area contributed by atoms with E-state index >= 15 is 0 Å². The molecule has 0 radical (unpaired) electrons. The van der Waals surface area contributed by atoms with Crippen LogP contribution in [0.5, 0.6) is 5.75 Å². The van der Waals surface area contributed by atoms with Gasteiger partial charge >= 0.3 is 0 Å². The molecule has 3 rings (SSSR count). The van der Waals surface area contributed by atoms with Crippen LogP contribution in [0.4, 0.5) is 0 Å².